The molecule has 5 heteroatoms. The molecule has 13 heavy (non-hydrogen) atoms. The summed E-state index contributed by atoms with van der Waals surface area (Å²) in [5.41, 5.74) is -0.672. The number of hydrogen-bond donors (Lipinski definition) is 2. The van der Waals surface area contributed by atoms with Crippen LogP contribution in [0.4, 0.5) is 0 Å². The van der Waals surface area contributed by atoms with Gasteiger partial charge in [0.1, 0.15) is 0 Å². The molecule has 1 heterocycles. The maximum atomic E-state index is 9.36. The molecule has 0 atom stereocenters. The molecular weight excluding hydrogens is 170 g/mol. The van der Waals surface area contributed by atoms with Crippen LogP contribution in [0.25, 0.3) is 0 Å². The quantitative estimate of drug-likeness (QED) is 0.630. The summed E-state index contributed by atoms with van der Waals surface area (Å²) in [4.78, 5) is 3.87. The highest BCUT2D eigenvalue weighted by Gasteiger charge is 2.10. The zero-order chi connectivity index (χ0) is 9.73. The van der Waals surface area contributed by atoms with E-state index in [4.69, 9.17) is 4.52 Å². The van der Waals surface area contributed by atoms with Crippen LogP contribution in [-0.4, -0.2) is 33.9 Å². The van der Waals surface area contributed by atoms with E-state index in [-0.39, 0.29) is 0 Å². The van der Waals surface area contributed by atoms with Gasteiger partial charge >= 0.3 is 0 Å². The molecule has 1 aromatic rings. The number of hydrogen-bond acceptors (Lipinski definition) is 5. The molecule has 5 nitrogen and oxygen atoms in total. The van der Waals surface area contributed by atoms with Gasteiger partial charge in [0, 0.05) is 19.5 Å². The molecule has 0 aliphatic carbocycles. The molecule has 0 bridgehead atoms. The molecule has 0 saturated heterocycles. The third-order valence-corrected chi connectivity index (χ3v) is 1.48. The minimum Gasteiger partial charge on any atom is -0.389 e. The lowest BCUT2D eigenvalue weighted by molar-refractivity contribution is 0.0799. The van der Waals surface area contributed by atoms with Crippen molar-refractivity contribution >= 4 is 0 Å². The Morgan fingerprint density at radius 3 is 2.92 bits per heavy atom. The molecule has 1 aromatic heterocycles. The van der Waals surface area contributed by atoms with Crippen molar-refractivity contribution in [2.75, 3.05) is 13.1 Å². The minimum absolute atomic E-state index is 0.557. The molecule has 0 aliphatic heterocycles. The van der Waals surface area contributed by atoms with E-state index >= 15 is 0 Å². The highest BCUT2D eigenvalue weighted by Crippen LogP contribution is 1.97. The fraction of sp³-hybridized carbons (Fsp3) is 0.750. The Hall–Kier alpha value is -0.940. The van der Waals surface area contributed by atoms with E-state index in [0.29, 0.717) is 18.9 Å². The maximum absolute atomic E-state index is 9.36. The molecular formula is C8H15N3O2. The zero-order valence-corrected chi connectivity index (χ0v) is 7.95. The van der Waals surface area contributed by atoms with E-state index in [1.165, 1.54) is 6.33 Å². The summed E-state index contributed by atoms with van der Waals surface area (Å²) in [7, 11) is 0. The van der Waals surface area contributed by atoms with Crippen molar-refractivity contribution in [2.24, 2.45) is 0 Å². The van der Waals surface area contributed by atoms with Crippen LogP contribution in [0, 0.1) is 0 Å². The van der Waals surface area contributed by atoms with Gasteiger partial charge in [0.25, 0.3) is 0 Å². The van der Waals surface area contributed by atoms with Crippen LogP contribution in [0.1, 0.15) is 19.7 Å². The molecule has 1 rings (SSSR count). The molecule has 0 radical (unpaired) electrons. The normalized spacial score (nSPS) is 11.9. The summed E-state index contributed by atoms with van der Waals surface area (Å²) < 4.78 is 4.80. The Kier molecular flexibility index (Phi) is 3.39. The van der Waals surface area contributed by atoms with Gasteiger partial charge in [0.15, 0.2) is 6.33 Å². The van der Waals surface area contributed by atoms with Crippen molar-refractivity contribution < 1.29 is 9.63 Å². The highest BCUT2D eigenvalue weighted by molar-refractivity contribution is 4.76. The van der Waals surface area contributed by atoms with Gasteiger partial charge in [-0.05, 0) is 13.8 Å². The molecule has 0 fully saturated rings. The van der Waals surface area contributed by atoms with Crippen molar-refractivity contribution in [3.63, 3.8) is 0 Å². The van der Waals surface area contributed by atoms with Gasteiger partial charge in [0.05, 0.1) is 5.60 Å². The molecule has 0 amide bonds. The second-order valence-corrected chi connectivity index (χ2v) is 3.57. The number of rotatable bonds is 5. The molecule has 0 saturated carbocycles. The van der Waals surface area contributed by atoms with Crippen LogP contribution >= 0.6 is 0 Å². The second-order valence-electron chi connectivity index (χ2n) is 3.57. The average molecular weight is 185 g/mol. The van der Waals surface area contributed by atoms with Gasteiger partial charge < -0.3 is 14.9 Å². The van der Waals surface area contributed by atoms with Crippen LogP contribution in [-0.2, 0) is 6.42 Å². The summed E-state index contributed by atoms with van der Waals surface area (Å²) in [6, 6.07) is 0. The lowest BCUT2D eigenvalue weighted by Crippen LogP contribution is -2.35. The van der Waals surface area contributed by atoms with Crippen LogP contribution in [0.5, 0.6) is 0 Å². The predicted octanol–water partition coefficient (Wildman–Crippen LogP) is -0.0274. The van der Waals surface area contributed by atoms with E-state index in [1.54, 1.807) is 13.8 Å². The Morgan fingerprint density at radius 2 is 2.38 bits per heavy atom. The molecule has 0 unspecified atom stereocenters. The van der Waals surface area contributed by atoms with Gasteiger partial charge in [-0.15, -0.1) is 0 Å². The summed E-state index contributed by atoms with van der Waals surface area (Å²) in [5, 5.41) is 15.9. The largest absolute Gasteiger partial charge is 0.389 e. The van der Waals surface area contributed by atoms with Crippen molar-refractivity contribution in [3.8, 4) is 0 Å². The first-order chi connectivity index (χ1) is 6.08. The van der Waals surface area contributed by atoms with E-state index in [9.17, 15) is 5.11 Å². The number of nitrogens with zero attached hydrogens (tertiary/aromatic N) is 2. The van der Waals surface area contributed by atoms with E-state index in [2.05, 4.69) is 15.5 Å². The average Bonchev–Trinajstić information content (AvgIpc) is 2.48. The fourth-order valence-corrected chi connectivity index (χ4v) is 0.896. The van der Waals surface area contributed by atoms with E-state index in [1.807, 2.05) is 0 Å². The van der Waals surface area contributed by atoms with Crippen LogP contribution in [0.3, 0.4) is 0 Å². The molecule has 2 N–H and O–H groups in total. The van der Waals surface area contributed by atoms with Crippen LogP contribution < -0.4 is 5.32 Å². The first kappa shape index (κ1) is 10.1. The Bertz CT molecular complexity index is 228. The summed E-state index contributed by atoms with van der Waals surface area (Å²) >= 11 is 0. The van der Waals surface area contributed by atoms with Gasteiger partial charge in [-0.1, -0.05) is 5.16 Å². The monoisotopic (exact) mass is 185 g/mol. The second kappa shape index (κ2) is 4.34. The number of aromatic nitrogens is 2. The molecule has 0 aromatic carbocycles. The Morgan fingerprint density at radius 1 is 1.62 bits per heavy atom. The van der Waals surface area contributed by atoms with Crippen molar-refractivity contribution in [1.82, 2.24) is 15.5 Å². The van der Waals surface area contributed by atoms with Crippen molar-refractivity contribution in [1.29, 1.82) is 0 Å². The van der Waals surface area contributed by atoms with Crippen molar-refractivity contribution in [2.45, 2.75) is 25.9 Å². The van der Waals surface area contributed by atoms with Crippen LogP contribution in [0.15, 0.2) is 10.9 Å². The third kappa shape index (κ3) is 4.59. The Balaban J connectivity index is 2.09. The topological polar surface area (TPSA) is 71.2 Å². The van der Waals surface area contributed by atoms with Gasteiger partial charge in [-0.25, -0.2) is 0 Å². The van der Waals surface area contributed by atoms with Gasteiger partial charge in [-0.3, -0.25) is 0 Å². The smallest absolute Gasteiger partial charge is 0.227 e. The Labute approximate surface area is 77.2 Å². The fourth-order valence-electron chi connectivity index (χ4n) is 0.896. The SMILES string of the molecule is CC(C)(O)CNCCc1ncno1. The maximum Gasteiger partial charge on any atom is 0.227 e. The van der Waals surface area contributed by atoms with Gasteiger partial charge in [-0.2, -0.15) is 4.98 Å². The van der Waals surface area contributed by atoms with Gasteiger partial charge in [0.2, 0.25) is 5.89 Å². The summed E-state index contributed by atoms with van der Waals surface area (Å²) in [6.45, 7) is 4.80. The summed E-state index contributed by atoms with van der Waals surface area (Å²) in [6.07, 6.45) is 2.07. The standard InChI is InChI=1S/C8H15N3O2/c1-8(2,12)5-9-4-3-7-10-6-11-13-7/h6,9,12H,3-5H2,1-2H3. The molecule has 0 aliphatic rings. The first-order valence-corrected chi connectivity index (χ1v) is 4.26. The lowest BCUT2D eigenvalue weighted by atomic mass is 10.1. The zero-order valence-electron chi connectivity index (χ0n) is 7.95. The molecule has 74 valence electrons. The summed E-state index contributed by atoms with van der Waals surface area (Å²) in [5.74, 6) is 0.614. The van der Waals surface area contributed by atoms with Crippen molar-refractivity contribution in [3.05, 3.63) is 12.2 Å². The molecule has 0 spiro atoms. The first-order valence-electron chi connectivity index (χ1n) is 4.26. The minimum atomic E-state index is -0.672. The number of aliphatic hydroxyl groups is 1. The third-order valence-electron chi connectivity index (χ3n) is 1.48. The van der Waals surface area contributed by atoms with Crippen LogP contribution in [0.2, 0.25) is 0 Å². The number of nitrogens with one attached hydrogen (secondary N) is 1. The van der Waals surface area contributed by atoms with E-state index < -0.39 is 5.60 Å². The predicted molar refractivity (Wildman–Crippen MR) is 47.2 cm³/mol. The van der Waals surface area contributed by atoms with E-state index in [0.717, 1.165) is 6.54 Å². The highest BCUT2D eigenvalue weighted by atomic mass is 16.5. The lowest BCUT2D eigenvalue weighted by Gasteiger charge is -2.16.